The molecular weight excluding hydrogens is 288 g/mol. The van der Waals surface area contributed by atoms with Gasteiger partial charge in [0, 0.05) is 17.7 Å². The molecule has 1 aromatic heterocycles. The Balaban J connectivity index is 2.08. The van der Waals surface area contributed by atoms with Gasteiger partial charge in [0.1, 0.15) is 11.3 Å². The second kappa shape index (κ2) is 7.17. The standard InChI is InChI=1S/C15H18N2O3S/c1-4-20-15(18)13-9-16-17(2)14(13)10-21-12-7-5-11(19-3)6-8-12/h5-9H,4,10H2,1-3H3. The van der Waals surface area contributed by atoms with Crippen LogP contribution in [0.1, 0.15) is 23.0 Å². The molecule has 0 aliphatic heterocycles. The van der Waals surface area contributed by atoms with Gasteiger partial charge in [0.15, 0.2) is 0 Å². The van der Waals surface area contributed by atoms with Crippen molar-refractivity contribution >= 4 is 17.7 Å². The van der Waals surface area contributed by atoms with Crippen molar-refractivity contribution < 1.29 is 14.3 Å². The van der Waals surface area contributed by atoms with Crippen LogP contribution in [-0.2, 0) is 17.5 Å². The third kappa shape index (κ3) is 3.78. The van der Waals surface area contributed by atoms with Gasteiger partial charge in [-0.2, -0.15) is 5.10 Å². The summed E-state index contributed by atoms with van der Waals surface area (Å²) in [6, 6.07) is 7.81. The first kappa shape index (κ1) is 15.4. The van der Waals surface area contributed by atoms with Crippen LogP contribution >= 0.6 is 11.8 Å². The fourth-order valence-electron chi connectivity index (χ4n) is 1.84. The summed E-state index contributed by atoms with van der Waals surface area (Å²) >= 11 is 1.64. The maximum atomic E-state index is 11.9. The fourth-order valence-corrected chi connectivity index (χ4v) is 2.81. The monoisotopic (exact) mass is 306 g/mol. The van der Waals surface area contributed by atoms with Crippen molar-refractivity contribution in [3.05, 3.63) is 41.7 Å². The van der Waals surface area contributed by atoms with Gasteiger partial charge in [-0.25, -0.2) is 4.79 Å². The maximum Gasteiger partial charge on any atom is 0.341 e. The lowest BCUT2D eigenvalue weighted by atomic mass is 10.3. The summed E-state index contributed by atoms with van der Waals surface area (Å²) in [6.07, 6.45) is 1.56. The Labute approximate surface area is 128 Å². The highest BCUT2D eigenvalue weighted by molar-refractivity contribution is 7.98. The Morgan fingerprint density at radius 2 is 2.05 bits per heavy atom. The van der Waals surface area contributed by atoms with Crippen LogP contribution in [0.25, 0.3) is 0 Å². The Morgan fingerprint density at radius 1 is 1.33 bits per heavy atom. The van der Waals surface area contributed by atoms with Gasteiger partial charge < -0.3 is 9.47 Å². The van der Waals surface area contributed by atoms with Gasteiger partial charge in [-0.3, -0.25) is 4.68 Å². The number of hydrogen-bond acceptors (Lipinski definition) is 5. The van der Waals surface area contributed by atoms with Crippen molar-refractivity contribution in [2.24, 2.45) is 7.05 Å². The number of carbonyl (C=O) groups excluding carboxylic acids is 1. The normalized spacial score (nSPS) is 10.4. The number of esters is 1. The lowest BCUT2D eigenvalue weighted by Gasteiger charge is -2.07. The topological polar surface area (TPSA) is 53.3 Å². The molecule has 1 aromatic carbocycles. The summed E-state index contributed by atoms with van der Waals surface area (Å²) in [6.45, 7) is 2.15. The molecule has 0 atom stereocenters. The second-order valence-electron chi connectivity index (χ2n) is 4.31. The maximum absolute atomic E-state index is 11.9. The molecule has 0 saturated carbocycles. The number of benzene rings is 1. The number of thioether (sulfide) groups is 1. The van der Waals surface area contributed by atoms with Crippen LogP contribution in [-0.4, -0.2) is 29.5 Å². The first-order chi connectivity index (χ1) is 10.2. The van der Waals surface area contributed by atoms with Gasteiger partial charge in [0.25, 0.3) is 0 Å². The number of rotatable bonds is 6. The van der Waals surface area contributed by atoms with E-state index < -0.39 is 0 Å². The van der Waals surface area contributed by atoms with Crippen LogP contribution in [0.5, 0.6) is 5.75 Å². The molecule has 21 heavy (non-hydrogen) atoms. The summed E-state index contributed by atoms with van der Waals surface area (Å²) in [5.74, 6) is 1.15. The minimum Gasteiger partial charge on any atom is -0.497 e. The van der Waals surface area contributed by atoms with E-state index >= 15 is 0 Å². The molecule has 0 spiro atoms. The van der Waals surface area contributed by atoms with E-state index in [-0.39, 0.29) is 5.97 Å². The fraction of sp³-hybridized carbons (Fsp3) is 0.333. The molecule has 0 saturated heterocycles. The summed E-state index contributed by atoms with van der Waals surface area (Å²) in [7, 11) is 3.47. The van der Waals surface area contributed by atoms with E-state index in [1.54, 1.807) is 36.7 Å². The number of hydrogen-bond donors (Lipinski definition) is 0. The van der Waals surface area contributed by atoms with E-state index in [1.165, 1.54) is 0 Å². The molecule has 0 aliphatic carbocycles. The zero-order valence-corrected chi connectivity index (χ0v) is 13.1. The zero-order valence-electron chi connectivity index (χ0n) is 12.3. The number of methoxy groups -OCH3 is 1. The van der Waals surface area contributed by atoms with Crippen molar-refractivity contribution in [3.63, 3.8) is 0 Å². The van der Waals surface area contributed by atoms with E-state index in [0.29, 0.717) is 17.9 Å². The summed E-state index contributed by atoms with van der Waals surface area (Å²) in [5.41, 5.74) is 1.38. The van der Waals surface area contributed by atoms with Crippen molar-refractivity contribution in [2.45, 2.75) is 17.6 Å². The lowest BCUT2D eigenvalue weighted by molar-refractivity contribution is 0.0525. The average Bonchev–Trinajstić information content (AvgIpc) is 2.87. The molecule has 0 fully saturated rings. The molecule has 112 valence electrons. The van der Waals surface area contributed by atoms with E-state index in [1.807, 2.05) is 31.3 Å². The third-order valence-corrected chi connectivity index (χ3v) is 4.02. The van der Waals surface area contributed by atoms with E-state index in [2.05, 4.69) is 5.10 Å². The molecule has 1 heterocycles. The van der Waals surface area contributed by atoms with Crippen LogP contribution in [0.2, 0.25) is 0 Å². The summed E-state index contributed by atoms with van der Waals surface area (Å²) < 4.78 is 11.9. The molecular formula is C15H18N2O3S. The van der Waals surface area contributed by atoms with Crippen molar-refractivity contribution in [2.75, 3.05) is 13.7 Å². The van der Waals surface area contributed by atoms with Gasteiger partial charge in [-0.1, -0.05) is 0 Å². The number of aryl methyl sites for hydroxylation is 1. The van der Waals surface area contributed by atoms with Crippen LogP contribution in [0.15, 0.2) is 35.4 Å². The highest BCUT2D eigenvalue weighted by Crippen LogP contribution is 2.26. The molecule has 5 nitrogen and oxygen atoms in total. The molecule has 0 unspecified atom stereocenters. The first-order valence-electron chi connectivity index (χ1n) is 6.60. The van der Waals surface area contributed by atoms with Crippen LogP contribution in [0, 0.1) is 0 Å². The van der Waals surface area contributed by atoms with Gasteiger partial charge in [-0.15, -0.1) is 11.8 Å². The van der Waals surface area contributed by atoms with Crippen LogP contribution < -0.4 is 4.74 Å². The SMILES string of the molecule is CCOC(=O)c1cnn(C)c1CSc1ccc(OC)cc1. The second-order valence-corrected chi connectivity index (χ2v) is 5.36. The van der Waals surface area contributed by atoms with Crippen molar-refractivity contribution in [3.8, 4) is 5.75 Å². The predicted molar refractivity (Wildman–Crippen MR) is 81.7 cm³/mol. The molecule has 0 radical (unpaired) electrons. The Morgan fingerprint density at radius 3 is 2.67 bits per heavy atom. The molecule has 2 rings (SSSR count). The Hall–Kier alpha value is -1.95. The molecule has 6 heteroatoms. The number of carbonyl (C=O) groups is 1. The van der Waals surface area contributed by atoms with E-state index in [0.717, 1.165) is 16.3 Å². The predicted octanol–water partition coefficient (Wildman–Crippen LogP) is 2.90. The molecule has 0 N–H and O–H groups in total. The van der Waals surface area contributed by atoms with Crippen molar-refractivity contribution in [1.82, 2.24) is 9.78 Å². The summed E-state index contributed by atoms with van der Waals surface area (Å²) in [4.78, 5) is 13.0. The van der Waals surface area contributed by atoms with Gasteiger partial charge in [0.05, 0.1) is 25.6 Å². The minimum atomic E-state index is -0.323. The highest BCUT2D eigenvalue weighted by atomic mass is 32.2. The minimum absolute atomic E-state index is 0.323. The Kier molecular flexibility index (Phi) is 5.27. The molecule has 2 aromatic rings. The van der Waals surface area contributed by atoms with Gasteiger partial charge in [0.2, 0.25) is 0 Å². The van der Waals surface area contributed by atoms with Gasteiger partial charge in [-0.05, 0) is 31.2 Å². The quantitative estimate of drug-likeness (QED) is 0.607. The average molecular weight is 306 g/mol. The smallest absolute Gasteiger partial charge is 0.341 e. The van der Waals surface area contributed by atoms with Gasteiger partial charge >= 0.3 is 5.97 Å². The van der Waals surface area contributed by atoms with Crippen LogP contribution in [0.3, 0.4) is 0 Å². The first-order valence-corrected chi connectivity index (χ1v) is 7.59. The molecule has 0 aliphatic rings. The molecule has 0 bridgehead atoms. The third-order valence-electron chi connectivity index (χ3n) is 2.99. The number of aromatic nitrogens is 2. The van der Waals surface area contributed by atoms with Crippen LogP contribution in [0.4, 0.5) is 0 Å². The molecule has 0 amide bonds. The summed E-state index contributed by atoms with van der Waals surface area (Å²) in [5, 5.41) is 4.14. The zero-order chi connectivity index (χ0) is 15.2. The highest BCUT2D eigenvalue weighted by Gasteiger charge is 2.17. The number of nitrogens with zero attached hydrogens (tertiary/aromatic N) is 2. The van der Waals surface area contributed by atoms with E-state index in [4.69, 9.17) is 9.47 Å². The number of ether oxygens (including phenoxy) is 2. The lowest BCUT2D eigenvalue weighted by Crippen LogP contribution is -2.08. The van der Waals surface area contributed by atoms with E-state index in [9.17, 15) is 4.79 Å². The largest absolute Gasteiger partial charge is 0.497 e. The Bertz CT molecular complexity index is 608. The van der Waals surface area contributed by atoms with Crippen molar-refractivity contribution in [1.29, 1.82) is 0 Å².